The molecule has 0 aliphatic rings. The number of aromatic nitrogens is 2. The third kappa shape index (κ3) is 1.66. The molecule has 90 valence electrons. The minimum Gasteiger partial charge on any atom is -0.506 e. The van der Waals surface area contributed by atoms with E-state index in [1.54, 1.807) is 17.4 Å². The zero-order chi connectivity index (χ0) is 12.7. The molecule has 1 N–H and O–H groups in total. The van der Waals surface area contributed by atoms with Crippen molar-refractivity contribution in [3.8, 4) is 17.0 Å². The van der Waals surface area contributed by atoms with Crippen molar-refractivity contribution in [2.45, 2.75) is 13.8 Å². The molecule has 0 spiro atoms. The summed E-state index contributed by atoms with van der Waals surface area (Å²) in [6.07, 6.45) is 0. The van der Waals surface area contributed by atoms with E-state index in [4.69, 9.17) is 0 Å². The highest BCUT2D eigenvalue weighted by Crippen LogP contribution is 2.34. The number of phenolic OH excluding ortho intramolecular Hbond substituents is 1. The molecule has 0 saturated heterocycles. The zero-order valence-electron chi connectivity index (χ0n) is 10.1. The van der Waals surface area contributed by atoms with Gasteiger partial charge in [-0.15, -0.1) is 11.3 Å². The van der Waals surface area contributed by atoms with Crippen LogP contribution in [0.2, 0.25) is 0 Å². The van der Waals surface area contributed by atoms with Crippen LogP contribution in [0.5, 0.6) is 5.75 Å². The summed E-state index contributed by atoms with van der Waals surface area (Å²) in [5.41, 5.74) is 5.37. The lowest BCUT2D eigenvalue weighted by molar-refractivity contribution is 0.480. The molecule has 0 aliphatic heterocycles. The Morgan fingerprint density at radius 1 is 1.22 bits per heavy atom. The second-order valence-corrected chi connectivity index (χ2v) is 5.30. The fraction of sp³-hybridized carbons (Fsp3) is 0.143. The van der Waals surface area contributed by atoms with Crippen LogP contribution in [0.15, 0.2) is 29.8 Å². The molecule has 0 unspecified atom stereocenters. The Labute approximate surface area is 109 Å². The van der Waals surface area contributed by atoms with Gasteiger partial charge in [0, 0.05) is 21.5 Å². The summed E-state index contributed by atoms with van der Waals surface area (Å²) in [6, 6.07) is 7.48. The van der Waals surface area contributed by atoms with E-state index in [1.807, 2.05) is 30.6 Å². The van der Waals surface area contributed by atoms with Crippen LogP contribution in [-0.2, 0) is 0 Å². The molecule has 0 aliphatic carbocycles. The number of aryl methyl sites for hydroxylation is 2. The second kappa shape index (κ2) is 4.07. The monoisotopic (exact) mass is 256 g/mol. The summed E-state index contributed by atoms with van der Waals surface area (Å²) in [6.45, 7) is 3.98. The van der Waals surface area contributed by atoms with Crippen molar-refractivity contribution in [3.05, 3.63) is 40.3 Å². The first-order valence-electron chi connectivity index (χ1n) is 5.66. The van der Waals surface area contributed by atoms with Gasteiger partial charge in [-0.1, -0.05) is 12.1 Å². The van der Waals surface area contributed by atoms with Crippen molar-refractivity contribution in [3.63, 3.8) is 0 Å². The number of pyridine rings is 1. The van der Waals surface area contributed by atoms with E-state index in [0.29, 0.717) is 5.52 Å². The SMILES string of the molecule is Cc1cc(-c2ncsc2C)c2cccc(O)c2n1. The molecular formula is C14H12N2OS. The van der Waals surface area contributed by atoms with Gasteiger partial charge in [-0.3, -0.25) is 0 Å². The molecule has 0 radical (unpaired) electrons. The van der Waals surface area contributed by atoms with Crippen molar-refractivity contribution >= 4 is 22.2 Å². The number of benzene rings is 1. The Kier molecular flexibility index (Phi) is 2.52. The third-order valence-electron chi connectivity index (χ3n) is 2.95. The van der Waals surface area contributed by atoms with Crippen molar-refractivity contribution in [2.75, 3.05) is 0 Å². The van der Waals surface area contributed by atoms with Crippen LogP contribution in [-0.4, -0.2) is 15.1 Å². The van der Waals surface area contributed by atoms with Crippen LogP contribution in [0.4, 0.5) is 0 Å². The summed E-state index contributed by atoms with van der Waals surface area (Å²) < 4.78 is 0. The molecule has 3 aromatic rings. The maximum atomic E-state index is 9.91. The molecule has 0 fully saturated rings. The quantitative estimate of drug-likeness (QED) is 0.722. The van der Waals surface area contributed by atoms with Gasteiger partial charge >= 0.3 is 0 Å². The van der Waals surface area contributed by atoms with Crippen molar-refractivity contribution in [1.82, 2.24) is 9.97 Å². The lowest BCUT2D eigenvalue weighted by Gasteiger charge is -2.07. The van der Waals surface area contributed by atoms with Crippen LogP contribution < -0.4 is 0 Å². The van der Waals surface area contributed by atoms with Gasteiger partial charge in [0.15, 0.2) is 0 Å². The number of hydrogen-bond acceptors (Lipinski definition) is 4. The van der Waals surface area contributed by atoms with E-state index in [1.165, 1.54) is 4.88 Å². The zero-order valence-corrected chi connectivity index (χ0v) is 11.0. The normalized spacial score (nSPS) is 11.0. The molecule has 0 bridgehead atoms. The van der Waals surface area contributed by atoms with E-state index in [9.17, 15) is 5.11 Å². The number of nitrogens with zero attached hydrogens (tertiary/aromatic N) is 2. The summed E-state index contributed by atoms with van der Waals surface area (Å²) >= 11 is 1.62. The number of para-hydroxylation sites is 1. The molecule has 1 aromatic carbocycles. The molecule has 0 amide bonds. The fourth-order valence-electron chi connectivity index (χ4n) is 2.12. The summed E-state index contributed by atoms with van der Waals surface area (Å²) in [7, 11) is 0. The minimum atomic E-state index is 0.213. The lowest BCUT2D eigenvalue weighted by atomic mass is 10.0. The average Bonchev–Trinajstić information content (AvgIpc) is 2.76. The molecule has 2 heterocycles. The highest BCUT2D eigenvalue weighted by atomic mass is 32.1. The summed E-state index contributed by atoms with van der Waals surface area (Å²) in [4.78, 5) is 9.99. The van der Waals surface area contributed by atoms with Crippen LogP contribution >= 0.6 is 11.3 Å². The van der Waals surface area contributed by atoms with Gasteiger partial charge in [0.05, 0.1) is 11.2 Å². The van der Waals surface area contributed by atoms with E-state index in [0.717, 1.165) is 22.3 Å². The summed E-state index contributed by atoms with van der Waals surface area (Å²) in [5.74, 6) is 0.213. The number of rotatable bonds is 1. The van der Waals surface area contributed by atoms with Gasteiger partial charge < -0.3 is 5.11 Å². The van der Waals surface area contributed by atoms with E-state index in [-0.39, 0.29) is 5.75 Å². The predicted octanol–water partition coefficient (Wildman–Crippen LogP) is 3.68. The largest absolute Gasteiger partial charge is 0.506 e. The number of hydrogen-bond donors (Lipinski definition) is 1. The highest BCUT2D eigenvalue weighted by Gasteiger charge is 2.12. The smallest absolute Gasteiger partial charge is 0.141 e. The maximum Gasteiger partial charge on any atom is 0.141 e. The molecule has 3 nitrogen and oxygen atoms in total. The Bertz CT molecular complexity index is 734. The Balaban J connectivity index is 2.43. The maximum absolute atomic E-state index is 9.91. The number of fused-ring (bicyclic) bond motifs is 1. The van der Waals surface area contributed by atoms with Crippen LogP contribution in [0, 0.1) is 13.8 Å². The predicted molar refractivity (Wildman–Crippen MR) is 74.0 cm³/mol. The van der Waals surface area contributed by atoms with Crippen molar-refractivity contribution in [2.24, 2.45) is 0 Å². The van der Waals surface area contributed by atoms with E-state index < -0.39 is 0 Å². The van der Waals surface area contributed by atoms with Gasteiger partial charge in [0.1, 0.15) is 11.3 Å². The first kappa shape index (κ1) is 11.2. The standard InChI is InChI=1S/C14H12N2OS/c1-8-6-11(13-9(2)18-7-15-13)10-4-3-5-12(17)14(10)16-8/h3-7,17H,1-2H3. The number of phenols is 1. The second-order valence-electron chi connectivity index (χ2n) is 4.24. The van der Waals surface area contributed by atoms with E-state index in [2.05, 4.69) is 16.9 Å². The molecule has 4 heteroatoms. The Hall–Kier alpha value is -1.94. The lowest BCUT2D eigenvalue weighted by Crippen LogP contribution is -1.90. The van der Waals surface area contributed by atoms with E-state index >= 15 is 0 Å². The first-order valence-corrected chi connectivity index (χ1v) is 6.54. The Morgan fingerprint density at radius 2 is 2.06 bits per heavy atom. The van der Waals surface area contributed by atoms with Crippen LogP contribution in [0.25, 0.3) is 22.2 Å². The van der Waals surface area contributed by atoms with Crippen molar-refractivity contribution in [1.29, 1.82) is 0 Å². The molecule has 3 rings (SSSR count). The van der Waals surface area contributed by atoms with Gasteiger partial charge in [-0.05, 0) is 26.0 Å². The molecule has 0 atom stereocenters. The molecule has 0 saturated carbocycles. The molecular weight excluding hydrogens is 244 g/mol. The fourth-order valence-corrected chi connectivity index (χ4v) is 2.71. The number of thiazole rings is 1. The first-order chi connectivity index (χ1) is 8.66. The number of aromatic hydroxyl groups is 1. The highest BCUT2D eigenvalue weighted by molar-refractivity contribution is 7.10. The minimum absolute atomic E-state index is 0.213. The summed E-state index contributed by atoms with van der Waals surface area (Å²) in [5, 5.41) is 10.8. The topological polar surface area (TPSA) is 46.0 Å². The Morgan fingerprint density at radius 3 is 2.78 bits per heavy atom. The third-order valence-corrected chi connectivity index (χ3v) is 3.70. The van der Waals surface area contributed by atoms with Gasteiger partial charge in [0.25, 0.3) is 0 Å². The average molecular weight is 256 g/mol. The molecule has 18 heavy (non-hydrogen) atoms. The van der Waals surface area contributed by atoms with Crippen LogP contribution in [0.3, 0.4) is 0 Å². The van der Waals surface area contributed by atoms with Gasteiger partial charge in [-0.25, -0.2) is 9.97 Å². The molecule has 2 aromatic heterocycles. The van der Waals surface area contributed by atoms with Gasteiger partial charge in [0.2, 0.25) is 0 Å². The van der Waals surface area contributed by atoms with Gasteiger partial charge in [-0.2, -0.15) is 0 Å². The van der Waals surface area contributed by atoms with Crippen molar-refractivity contribution < 1.29 is 5.11 Å². The van der Waals surface area contributed by atoms with Crippen LogP contribution in [0.1, 0.15) is 10.6 Å².